The van der Waals surface area contributed by atoms with Gasteiger partial charge in [-0.1, -0.05) is 353 Å². The van der Waals surface area contributed by atoms with Gasteiger partial charge in [0.25, 0.3) is 0 Å². The van der Waals surface area contributed by atoms with Crippen molar-refractivity contribution >= 4 is 81.2 Å². The van der Waals surface area contributed by atoms with Crippen LogP contribution in [0.2, 0.25) is 0 Å². The van der Waals surface area contributed by atoms with E-state index in [0.29, 0.717) is 36.5 Å². The lowest BCUT2D eigenvalue weighted by Crippen LogP contribution is -2.29. The van der Waals surface area contributed by atoms with E-state index < -0.39 is 5.60 Å². The summed E-state index contributed by atoms with van der Waals surface area (Å²) in [6.07, 6.45) is 73.1. The summed E-state index contributed by atoms with van der Waals surface area (Å²) >= 11 is 0. The van der Waals surface area contributed by atoms with E-state index in [4.69, 9.17) is 4.74 Å². The fourth-order valence-electron chi connectivity index (χ4n) is 11.8. The fraction of sp³-hybridized carbons (Fsp3) is 0.698. The first-order chi connectivity index (χ1) is 66.5. The molecule has 2 aliphatic carbocycles. The number of Topliss-reactive ketones (excluding diaryl/α,β-unsaturated/α-hetero) is 1. The molecule has 0 aromatic heterocycles. The van der Waals surface area contributed by atoms with Crippen LogP contribution in [0, 0.1) is 100 Å². The first-order valence-corrected chi connectivity index (χ1v) is 55.2. The molecule has 4 aliphatic rings. The number of hydrogen-bond acceptors (Lipinski definition) is 17. The molecule has 0 amide bonds. The van der Waals surface area contributed by atoms with Crippen molar-refractivity contribution < 1.29 is 71.9 Å². The monoisotopic (exact) mass is 2000 g/mol. The minimum atomic E-state index is -0.402. The van der Waals surface area contributed by atoms with Gasteiger partial charge in [-0.05, 0) is 266 Å². The van der Waals surface area contributed by atoms with Gasteiger partial charge in [-0.25, -0.2) is 0 Å². The summed E-state index contributed by atoms with van der Waals surface area (Å²) in [4.78, 5) is 160. The SMILES string of the molecule is C/C=C/C(=O)C(C)C.CC(=O)CCCC/C=C/C(=O)C(C)C.CC(C)/C=C/C(=O)C(C)C.CC(C)/C=C/C(=O)C(C)C.CC(C)C(=O)/C=C/C(C)(C)C.CC(C)C(=O)/C=C/C1CCCC1.CC(C)C(=O)/C=C/C1CCCCC1.CC(C)C(=O)/C=C/CCCCC(=O)OC(C)(C)C.CC(C)C(=O)/C=C/CN1CCCCC1.CC(C)C(=O)/C=C/CN1CCCCC1.CC/C=C/C(=O)C(C)C.CCC/C=C/C(=O)C(C)C. The highest BCUT2D eigenvalue weighted by molar-refractivity contribution is 5.95. The Morgan fingerprint density at radius 1 is 0.294 bits per heavy atom. The van der Waals surface area contributed by atoms with Crippen LogP contribution >= 0.6 is 0 Å². The molecule has 0 bridgehead atoms. The molecular weight excluding hydrogens is 1780 g/mol. The van der Waals surface area contributed by atoms with Crippen LogP contribution in [0.4, 0.5) is 0 Å². The van der Waals surface area contributed by atoms with E-state index in [2.05, 4.69) is 77.3 Å². The first-order valence-electron chi connectivity index (χ1n) is 55.2. The molecule has 2 aliphatic heterocycles. The Labute approximate surface area is 878 Å². The van der Waals surface area contributed by atoms with E-state index in [0.717, 1.165) is 70.9 Å². The van der Waals surface area contributed by atoms with Crippen LogP contribution in [0.25, 0.3) is 0 Å². The molecule has 0 aromatic rings. The molecule has 4 fully saturated rings. The molecule has 0 N–H and O–H groups in total. The highest BCUT2D eigenvalue weighted by Crippen LogP contribution is 2.27. The number of carbonyl (C=O) groups excluding carboxylic acids is 14. The summed E-state index contributed by atoms with van der Waals surface area (Å²) in [7, 11) is 0. The van der Waals surface area contributed by atoms with Crippen molar-refractivity contribution in [2.24, 2.45) is 100 Å². The van der Waals surface area contributed by atoms with Crippen molar-refractivity contribution in [3.63, 3.8) is 0 Å². The van der Waals surface area contributed by atoms with Gasteiger partial charge < -0.3 is 9.53 Å². The number of rotatable bonds is 45. The zero-order valence-electron chi connectivity index (χ0n) is 98.7. The highest BCUT2D eigenvalue weighted by atomic mass is 16.6. The second-order valence-corrected chi connectivity index (χ2v) is 44.4. The quantitative estimate of drug-likeness (QED) is 0.0312. The number of esters is 1. The van der Waals surface area contributed by atoms with Crippen LogP contribution in [0.1, 0.15) is 430 Å². The van der Waals surface area contributed by atoms with Gasteiger partial charge in [-0.3, -0.25) is 72.1 Å². The number of unbranched alkanes of at least 4 members (excludes halogenated alkanes) is 5. The Morgan fingerprint density at radius 3 is 0.804 bits per heavy atom. The van der Waals surface area contributed by atoms with Crippen LogP contribution in [-0.2, 0) is 71.9 Å². The molecule has 2 saturated heterocycles. The van der Waals surface area contributed by atoms with Gasteiger partial charge >= 0.3 is 5.97 Å². The van der Waals surface area contributed by atoms with Gasteiger partial charge in [0.05, 0.1) is 0 Å². The van der Waals surface area contributed by atoms with Crippen molar-refractivity contribution in [2.75, 3.05) is 39.3 Å². The summed E-state index contributed by atoms with van der Waals surface area (Å²) in [6, 6.07) is 0. The normalized spacial score (nSPS) is 14.6. The van der Waals surface area contributed by atoms with E-state index >= 15 is 0 Å². The topological polar surface area (TPSA) is 255 Å². The average Bonchev–Trinajstić information content (AvgIpc) is 1.76. The lowest BCUT2D eigenvalue weighted by molar-refractivity contribution is -0.155. The van der Waals surface area contributed by atoms with Gasteiger partial charge in [0, 0.05) is 96.9 Å². The minimum Gasteiger partial charge on any atom is -0.460 e. The maximum atomic E-state index is 11.4. The summed E-state index contributed by atoms with van der Waals surface area (Å²) < 4.78 is 5.20. The van der Waals surface area contributed by atoms with E-state index in [1.807, 2.05) is 255 Å². The van der Waals surface area contributed by atoms with Crippen molar-refractivity contribution in [1.82, 2.24) is 9.80 Å². The summed E-state index contributed by atoms with van der Waals surface area (Å²) in [6.45, 7) is 80.3. The van der Waals surface area contributed by atoms with Crippen molar-refractivity contribution in [3.8, 4) is 0 Å². The van der Waals surface area contributed by atoms with Crippen LogP contribution in [-0.4, -0.2) is 136 Å². The third-order valence-corrected chi connectivity index (χ3v) is 21.9. The molecule has 17 heteroatoms. The Morgan fingerprint density at radius 2 is 0.545 bits per heavy atom. The van der Waals surface area contributed by atoms with Crippen LogP contribution in [0.5, 0.6) is 0 Å². The van der Waals surface area contributed by atoms with Crippen LogP contribution in [0.3, 0.4) is 0 Å². The number of ketones is 13. The number of piperidine rings is 2. The van der Waals surface area contributed by atoms with Gasteiger partial charge in [-0.2, -0.15) is 0 Å². The Hall–Kier alpha value is -8.02. The predicted molar refractivity (Wildman–Crippen MR) is 610 cm³/mol. The first kappa shape index (κ1) is 150. The summed E-state index contributed by atoms with van der Waals surface area (Å²) in [5.74, 6) is 6.58. The smallest absolute Gasteiger partial charge is 0.306 e. The summed E-state index contributed by atoms with van der Waals surface area (Å²) in [5.41, 5.74) is -0.286. The molecule has 0 unspecified atom stereocenters. The maximum Gasteiger partial charge on any atom is 0.306 e. The lowest BCUT2D eigenvalue weighted by Gasteiger charge is -2.24. The molecule has 0 radical (unpaired) electrons. The maximum absolute atomic E-state index is 11.4. The minimum absolute atomic E-state index is 0.0583. The molecule has 0 atom stereocenters. The van der Waals surface area contributed by atoms with Crippen molar-refractivity contribution in [3.05, 3.63) is 146 Å². The second-order valence-electron chi connectivity index (χ2n) is 44.4. The van der Waals surface area contributed by atoms with E-state index in [1.165, 1.54) is 122 Å². The standard InChI is InChI=1S/C15H26O3.2C12H21NO.C12H20O2.C12H20O.C11H18O.C10H18O.3C9H16O.C8H14O.C7H12O/c1-12(2)13(16)10-8-6-7-9-11-14(17)18-15(3,4)5;2*1-11(2)12(14)7-6-10-13-8-4-3-5-9-13;1-10(2)12(14)9-7-5-4-6-8-11(3)13;1-10(2)12(13)9-8-11-6-4-3-5-7-11;1-9(2)11(12)8-7-10-5-3-4-6-10;1-8(2)9(11)6-7-10(3,4)5;2*1-7(2)5-6-9(10)8(3)4;1-4-5-6-7-9(10)8(2)3;1-4-5-6-8(9)7(2)3;1-4-5-7(8)6(2)3/h8,10,12H,6-7,9,11H2,1-5H3;2*6-7,11H,3-5,8-10H2,1-2H3;7,9-10H,4-6,8H2,1-3H3;8-11H,3-7H2,1-2H3;7-10H,3-6H2,1-2H3;6-8H,1-5H3;2*5-8H,1-4H3;6-8H,4-5H2,1-3H3;5-7H,4H2,1-3H3;4-6H,1-3H3/b10-8+;2*7-6+;9-7+;9-8+;8-7+;7-6+;2*6-5+;7-6+;6-5+;5-4+. The highest BCUT2D eigenvalue weighted by Gasteiger charge is 2.19. The third-order valence-electron chi connectivity index (χ3n) is 21.9. The molecule has 17 nitrogen and oxygen atoms in total. The van der Waals surface area contributed by atoms with E-state index in [-0.39, 0.29) is 158 Å². The molecule has 2 heterocycles. The zero-order chi connectivity index (χ0) is 112. The van der Waals surface area contributed by atoms with Crippen LogP contribution < -0.4 is 0 Å². The van der Waals surface area contributed by atoms with E-state index in [9.17, 15) is 67.1 Å². The largest absolute Gasteiger partial charge is 0.460 e. The van der Waals surface area contributed by atoms with Gasteiger partial charge in [0.1, 0.15) is 11.4 Å². The van der Waals surface area contributed by atoms with Gasteiger partial charge in [0.15, 0.2) is 69.4 Å². The number of carbonyl (C=O) groups is 14. The number of nitrogens with zero attached hydrogens (tertiary/aromatic N) is 2. The number of hydrogen-bond donors (Lipinski definition) is 0. The Bertz CT molecular complexity index is 3680. The van der Waals surface area contributed by atoms with E-state index in [1.54, 1.807) is 85.9 Å². The predicted octanol–water partition coefficient (Wildman–Crippen LogP) is 31.6. The number of ether oxygens (including phenoxy) is 1. The van der Waals surface area contributed by atoms with Gasteiger partial charge in [0.2, 0.25) is 0 Å². The Balaban J connectivity index is -0.000000233. The average molecular weight is 2000 g/mol. The molecular formula is C126H218N2O15. The van der Waals surface area contributed by atoms with Crippen molar-refractivity contribution in [2.45, 2.75) is 436 Å². The molecule has 0 spiro atoms. The van der Waals surface area contributed by atoms with Gasteiger partial charge in [-0.15, -0.1) is 0 Å². The number of likely N-dealkylation sites (tertiary alicyclic amines) is 2. The molecule has 4 rings (SSSR count). The summed E-state index contributed by atoms with van der Waals surface area (Å²) in [5, 5.41) is 0. The molecule has 143 heavy (non-hydrogen) atoms. The molecule has 2 saturated carbocycles. The Kier molecular flexibility index (Phi) is 101. The lowest BCUT2D eigenvalue weighted by atomic mass is 9.88. The molecule has 822 valence electrons. The molecule has 0 aromatic carbocycles. The fourth-order valence-corrected chi connectivity index (χ4v) is 11.8. The van der Waals surface area contributed by atoms with Crippen molar-refractivity contribution in [1.29, 1.82) is 0 Å². The number of allylic oxidation sites excluding steroid dienone is 22. The van der Waals surface area contributed by atoms with Crippen LogP contribution in [0.15, 0.2) is 146 Å². The second kappa shape index (κ2) is 96.1. The third kappa shape index (κ3) is 113. The zero-order valence-corrected chi connectivity index (χ0v) is 98.7.